The molecule has 1 rings (SSSR count). The molecule has 0 bridgehead atoms. The molecule has 0 fully saturated rings. The Morgan fingerprint density at radius 1 is 1.57 bits per heavy atom. The molecule has 0 unspecified atom stereocenters. The second kappa shape index (κ2) is 6.15. The molecule has 0 radical (unpaired) electrons. The highest BCUT2D eigenvalue weighted by Crippen LogP contribution is 1.94. The third kappa shape index (κ3) is 4.61. The van der Waals surface area contributed by atoms with Crippen LogP contribution in [0, 0.1) is 0 Å². The number of hydrogen-bond acceptors (Lipinski definition) is 3. The molecule has 5 nitrogen and oxygen atoms in total. The first-order valence-electron chi connectivity index (χ1n) is 4.75. The number of nitrogens with two attached hydrogens (primary N) is 1. The van der Waals surface area contributed by atoms with E-state index in [2.05, 4.69) is 15.3 Å². The number of aromatic nitrogens is 2. The van der Waals surface area contributed by atoms with Gasteiger partial charge in [-0.05, 0) is 19.4 Å². The summed E-state index contributed by atoms with van der Waals surface area (Å²) in [5.74, 6) is -0.224. The molecule has 0 atom stereocenters. The highest BCUT2D eigenvalue weighted by molar-refractivity contribution is 5.73. The smallest absolute Gasteiger partial charge is 0.217 e. The Hall–Kier alpha value is -1.36. The van der Waals surface area contributed by atoms with E-state index in [1.807, 2.05) is 0 Å². The number of H-pyrrole nitrogens is 1. The summed E-state index contributed by atoms with van der Waals surface area (Å²) in [7, 11) is 0. The first-order chi connectivity index (χ1) is 6.79. The van der Waals surface area contributed by atoms with E-state index in [4.69, 9.17) is 5.73 Å². The molecule has 1 aromatic heterocycles. The number of nitrogens with one attached hydrogen (secondary N) is 2. The van der Waals surface area contributed by atoms with Crippen molar-refractivity contribution >= 4 is 5.91 Å². The summed E-state index contributed by atoms with van der Waals surface area (Å²) in [5.41, 5.74) is 6.08. The zero-order valence-electron chi connectivity index (χ0n) is 8.12. The maximum absolute atomic E-state index is 10.4. The van der Waals surface area contributed by atoms with E-state index in [1.165, 1.54) is 0 Å². The molecule has 0 spiro atoms. The van der Waals surface area contributed by atoms with Crippen molar-refractivity contribution in [3.63, 3.8) is 0 Å². The minimum atomic E-state index is -0.224. The van der Waals surface area contributed by atoms with Crippen molar-refractivity contribution in [1.82, 2.24) is 15.3 Å². The van der Waals surface area contributed by atoms with Crippen molar-refractivity contribution in [3.8, 4) is 0 Å². The second-order valence-corrected chi connectivity index (χ2v) is 3.18. The summed E-state index contributed by atoms with van der Waals surface area (Å²) in [6.07, 6.45) is 5.74. The summed E-state index contributed by atoms with van der Waals surface area (Å²) in [6, 6.07) is 0. The molecule has 1 aromatic rings. The molecular weight excluding hydrogens is 180 g/mol. The van der Waals surface area contributed by atoms with E-state index in [0.717, 1.165) is 31.6 Å². The number of amides is 1. The number of nitrogens with zero attached hydrogens (tertiary/aromatic N) is 1. The van der Waals surface area contributed by atoms with E-state index >= 15 is 0 Å². The highest BCUT2D eigenvalue weighted by atomic mass is 16.1. The van der Waals surface area contributed by atoms with Crippen molar-refractivity contribution in [2.24, 2.45) is 5.73 Å². The van der Waals surface area contributed by atoms with E-state index in [0.29, 0.717) is 6.42 Å². The van der Waals surface area contributed by atoms with Gasteiger partial charge in [-0.1, -0.05) is 0 Å². The Morgan fingerprint density at radius 3 is 3.07 bits per heavy atom. The highest BCUT2D eigenvalue weighted by Gasteiger charge is 1.95. The Kier molecular flexibility index (Phi) is 4.71. The molecule has 4 N–H and O–H groups in total. The molecule has 0 saturated heterocycles. The number of carbonyl (C=O) groups excluding carboxylic acids is 1. The first kappa shape index (κ1) is 10.7. The zero-order valence-corrected chi connectivity index (χ0v) is 8.12. The monoisotopic (exact) mass is 196 g/mol. The SMILES string of the molecule is NC(=O)CCCCNCc1cnc[nH]1. The third-order valence-electron chi connectivity index (χ3n) is 1.90. The molecule has 0 aliphatic heterocycles. The molecule has 0 aliphatic carbocycles. The fourth-order valence-corrected chi connectivity index (χ4v) is 1.15. The fraction of sp³-hybridized carbons (Fsp3) is 0.556. The van der Waals surface area contributed by atoms with Gasteiger partial charge in [-0.3, -0.25) is 4.79 Å². The number of unbranched alkanes of at least 4 members (excludes halogenated alkanes) is 1. The standard InChI is InChI=1S/C9H16N4O/c10-9(14)3-1-2-4-11-5-8-6-12-7-13-8/h6-7,11H,1-5H2,(H2,10,14)(H,12,13). The first-order valence-corrected chi connectivity index (χ1v) is 4.75. The lowest BCUT2D eigenvalue weighted by atomic mass is 10.2. The van der Waals surface area contributed by atoms with E-state index in [1.54, 1.807) is 12.5 Å². The van der Waals surface area contributed by atoms with Crippen LogP contribution >= 0.6 is 0 Å². The number of imidazole rings is 1. The van der Waals surface area contributed by atoms with Gasteiger partial charge >= 0.3 is 0 Å². The molecule has 0 aromatic carbocycles. The summed E-state index contributed by atoms with van der Waals surface area (Å²) < 4.78 is 0. The number of rotatable bonds is 7. The van der Waals surface area contributed by atoms with Crippen LogP contribution in [0.3, 0.4) is 0 Å². The topological polar surface area (TPSA) is 83.8 Å². The Balaban J connectivity index is 1.92. The van der Waals surface area contributed by atoms with Gasteiger partial charge in [-0.15, -0.1) is 0 Å². The quantitative estimate of drug-likeness (QED) is 0.543. The van der Waals surface area contributed by atoms with Gasteiger partial charge in [0.25, 0.3) is 0 Å². The maximum atomic E-state index is 10.4. The summed E-state index contributed by atoms with van der Waals surface area (Å²) in [6.45, 7) is 1.68. The average molecular weight is 196 g/mol. The predicted octanol–water partition coefficient (Wildman–Crippen LogP) is 0.155. The fourth-order valence-electron chi connectivity index (χ4n) is 1.15. The third-order valence-corrected chi connectivity index (χ3v) is 1.90. The van der Waals surface area contributed by atoms with Crippen LogP contribution in [0.4, 0.5) is 0 Å². The summed E-state index contributed by atoms with van der Waals surface area (Å²) >= 11 is 0. The molecule has 1 heterocycles. The van der Waals surface area contributed by atoms with Gasteiger partial charge in [0, 0.05) is 24.9 Å². The van der Waals surface area contributed by atoms with Gasteiger partial charge in [0.2, 0.25) is 5.91 Å². The van der Waals surface area contributed by atoms with Crippen molar-refractivity contribution in [3.05, 3.63) is 18.2 Å². The Morgan fingerprint density at radius 2 is 2.43 bits per heavy atom. The number of carbonyl (C=O) groups is 1. The van der Waals surface area contributed by atoms with Gasteiger partial charge in [-0.2, -0.15) is 0 Å². The van der Waals surface area contributed by atoms with Crippen LogP contribution in [0.15, 0.2) is 12.5 Å². The lowest BCUT2D eigenvalue weighted by Gasteiger charge is -2.01. The molecule has 1 amide bonds. The van der Waals surface area contributed by atoms with Gasteiger partial charge in [0.1, 0.15) is 0 Å². The van der Waals surface area contributed by atoms with Crippen molar-refractivity contribution in [2.45, 2.75) is 25.8 Å². The van der Waals surface area contributed by atoms with Crippen LogP contribution in [0.25, 0.3) is 0 Å². The Bertz CT molecular complexity index is 258. The second-order valence-electron chi connectivity index (χ2n) is 3.18. The average Bonchev–Trinajstić information content (AvgIpc) is 2.63. The summed E-state index contributed by atoms with van der Waals surface area (Å²) in [4.78, 5) is 17.3. The molecule has 0 saturated carbocycles. The van der Waals surface area contributed by atoms with Crippen LogP contribution in [-0.2, 0) is 11.3 Å². The molecular formula is C9H16N4O. The molecule has 14 heavy (non-hydrogen) atoms. The van der Waals surface area contributed by atoms with E-state index in [-0.39, 0.29) is 5.91 Å². The molecule has 5 heteroatoms. The normalized spacial score (nSPS) is 10.3. The van der Waals surface area contributed by atoms with Gasteiger partial charge < -0.3 is 16.0 Å². The summed E-state index contributed by atoms with van der Waals surface area (Å²) in [5, 5.41) is 3.24. The van der Waals surface area contributed by atoms with Crippen molar-refractivity contribution < 1.29 is 4.79 Å². The number of primary amides is 1. The van der Waals surface area contributed by atoms with Gasteiger partial charge in [-0.25, -0.2) is 4.98 Å². The van der Waals surface area contributed by atoms with E-state index in [9.17, 15) is 4.79 Å². The van der Waals surface area contributed by atoms with Crippen LogP contribution in [0.5, 0.6) is 0 Å². The van der Waals surface area contributed by atoms with Crippen LogP contribution in [0.2, 0.25) is 0 Å². The van der Waals surface area contributed by atoms with Gasteiger partial charge in [0.05, 0.1) is 6.33 Å². The van der Waals surface area contributed by atoms with Crippen molar-refractivity contribution in [2.75, 3.05) is 6.54 Å². The van der Waals surface area contributed by atoms with E-state index < -0.39 is 0 Å². The largest absolute Gasteiger partial charge is 0.370 e. The minimum absolute atomic E-state index is 0.224. The predicted molar refractivity (Wildman–Crippen MR) is 53.3 cm³/mol. The lowest BCUT2D eigenvalue weighted by molar-refractivity contribution is -0.118. The number of hydrogen-bond donors (Lipinski definition) is 3. The van der Waals surface area contributed by atoms with Gasteiger partial charge in [0.15, 0.2) is 0 Å². The molecule has 78 valence electrons. The minimum Gasteiger partial charge on any atom is -0.370 e. The molecule has 0 aliphatic rings. The maximum Gasteiger partial charge on any atom is 0.217 e. The van der Waals surface area contributed by atoms with Crippen molar-refractivity contribution in [1.29, 1.82) is 0 Å². The van der Waals surface area contributed by atoms with Crippen LogP contribution in [-0.4, -0.2) is 22.4 Å². The number of aromatic amines is 1. The van der Waals surface area contributed by atoms with Crippen LogP contribution in [0.1, 0.15) is 25.0 Å². The zero-order chi connectivity index (χ0) is 10.2. The Labute approximate surface area is 83.1 Å². The lowest BCUT2D eigenvalue weighted by Crippen LogP contribution is -2.16. The van der Waals surface area contributed by atoms with Crippen LogP contribution < -0.4 is 11.1 Å².